The Morgan fingerprint density at radius 3 is 2.76 bits per heavy atom. The van der Waals surface area contributed by atoms with Gasteiger partial charge in [0, 0.05) is 40.0 Å². The maximum Gasteiger partial charge on any atom is 0.194 e. The van der Waals surface area contributed by atoms with Crippen LogP contribution in [-0.4, -0.2) is 53.9 Å². The van der Waals surface area contributed by atoms with Crippen LogP contribution in [-0.2, 0) is 18.2 Å². The summed E-state index contributed by atoms with van der Waals surface area (Å²) in [6.07, 6.45) is 6.04. The fraction of sp³-hybridized carbons (Fsp3) is 0.524. The summed E-state index contributed by atoms with van der Waals surface area (Å²) in [7, 11) is 3.62. The summed E-state index contributed by atoms with van der Waals surface area (Å²) in [6.45, 7) is 5.36. The van der Waals surface area contributed by atoms with Crippen LogP contribution in [0.4, 0.5) is 4.39 Å². The highest BCUT2D eigenvalue weighted by atomic mass is 127. The van der Waals surface area contributed by atoms with Crippen LogP contribution in [0.5, 0.6) is 0 Å². The predicted octanol–water partition coefficient (Wildman–Crippen LogP) is 3.39. The lowest BCUT2D eigenvalue weighted by Crippen LogP contribution is -2.40. The van der Waals surface area contributed by atoms with Crippen molar-refractivity contribution in [3.05, 3.63) is 53.6 Å². The van der Waals surface area contributed by atoms with Gasteiger partial charge in [0.15, 0.2) is 5.96 Å². The van der Waals surface area contributed by atoms with Gasteiger partial charge in [-0.2, -0.15) is 5.10 Å². The molecule has 1 saturated heterocycles. The van der Waals surface area contributed by atoms with Gasteiger partial charge in [-0.05, 0) is 48.9 Å². The van der Waals surface area contributed by atoms with Gasteiger partial charge in [-0.15, -0.1) is 24.0 Å². The van der Waals surface area contributed by atoms with E-state index in [1.54, 1.807) is 19.2 Å². The zero-order chi connectivity index (χ0) is 19.9. The molecule has 6 nitrogen and oxygen atoms in total. The number of methoxy groups -OCH3 is 1. The van der Waals surface area contributed by atoms with Gasteiger partial charge in [-0.25, -0.2) is 4.39 Å². The smallest absolute Gasteiger partial charge is 0.194 e. The average molecular weight is 515 g/mol. The maximum atomic E-state index is 13.2. The van der Waals surface area contributed by atoms with Crippen molar-refractivity contribution in [2.45, 2.75) is 25.9 Å². The molecule has 0 spiro atoms. The number of benzene rings is 1. The summed E-state index contributed by atoms with van der Waals surface area (Å²) < 4.78 is 20.6. The highest BCUT2D eigenvalue weighted by Gasteiger charge is 2.25. The first-order valence-electron chi connectivity index (χ1n) is 9.88. The lowest BCUT2D eigenvalue weighted by Gasteiger charge is -2.23. The van der Waals surface area contributed by atoms with Crippen molar-refractivity contribution in [1.29, 1.82) is 0 Å². The van der Waals surface area contributed by atoms with Gasteiger partial charge in [0.1, 0.15) is 11.9 Å². The van der Waals surface area contributed by atoms with Gasteiger partial charge in [0.25, 0.3) is 0 Å². The Bertz CT molecular complexity index is 780. The first-order valence-corrected chi connectivity index (χ1v) is 9.88. The minimum absolute atomic E-state index is 0. The second kappa shape index (κ2) is 11.5. The molecule has 0 radical (unpaired) electrons. The zero-order valence-electron chi connectivity index (χ0n) is 17.3. The first kappa shape index (κ1) is 23.6. The number of aliphatic imine (C=N–C) groups is 1. The fourth-order valence-corrected chi connectivity index (χ4v) is 3.69. The van der Waals surface area contributed by atoms with E-state index in [-0.39, 0.29) is 35.9 Å². The van der Waals surface area contributed by atoms with Gasteiger partial charge in [-0.3, -0.25) is 9.67 Å². The number of likely N-dealkylation sites (tertiary alicyclic amines) is 1. The van der Waals surface area contributed by atoms with E-state index < -0.39 is 0 Å². The molecule has 1 N–H and O–H groups in total. The number of hydrogen-bond donors (Lipinski definition) is 1. The van der Waals surface area contributed by atoms with Gasteiger partial charge in [0.05, 0.1) is 12.7 Å². The quantitative estimate of drug-likeness (QED) is 0.349. The third-order valence-corrected chi connectivity index (χ3v) is 5.14. The van der Waals surface area contributed by atoms with Crippen LogP contribution in [0, 0.1) is 11.7 Å². The molecule has 1 aromatic heterocycles. The molecule has 2 atom stereocenters. The normalized spacial score (nSPS) is 17.9. The Balaban J connectivity index is 0.00000300. The number of rotatable bonds is 7. The molecular formula is C21H31FIN5O. The minimum atomic E-state index is -0.243. The van der Waals surface area contributed by atoms with Gasteiger partial charge < -0.3 is 15.0 Å². The van der Waals surface area contributed by atoms with Gasteiger partial charge in [-0.1, -0.05) is 12.1 Å². The highest BCUT2D eigenvalue weighted by molar-refractivity contribution is 14.0. The number of halogens is 2. The topological polar surface area (TPSA) is 54.7 Å². The SMILES string of the molecule is CCNC(=NCC(OC)c1ccc(F)cc1)N1CCC(Cc2cnn(C)c2)C1.I. The molecule has 3 rings (SSSR count). The average Bonchev–Trinajstić information content (AvgIpc) is 3.32. The lowest BCUT2D eigenvalue weighted by atomic mass is 10.0. The Morgan fingerprint density at radius 2 is 2.14 bits per heavy atom. The van der Waals surface area contributed by atoms with Crippen molar-refractivity contribution >= 4 is 29.9 Å². The van der Waals surface area contributed by atoms with Gasteiger partial charge in [0.2, 0.25) is 0 Å². The minimum Gasteiger partial charge on any atom is -0.375 e. The van der Waals surface area contributed by atoms with Crippen LogP contribution in [0.25, 0.3) is 0 Å². The van der Waals surface area contributed by atoms with Crippen molar-refractivity contribution in [2.24, 2.45) is 18.0 Å². The van der Waals surface area contributed by atoms with Crippen LogP contribution in [0.3, 0.4) is 0 Å². The van der Waals surface area contributed by atoms with Crippen molar-refractivity contribution in [3.8, 4) is 0 Å². The van der Waals surface area contributed by atoms with Gasteiger partial charge >= 0.3 is 0 Å². The number of aryl methyl sites for hydroxylation is 1. The van der Waals surface area contributed by atoms with Crippen LogP contribution < -0.4 is 5.32 Å². The first-order chi connectivity index (χ1) is 13.6. The molecule has 29 heavy (non-hydrogen) atoms. The van der Waals surface area contributed by atoms with Crippen LogP contribution in [0.1, 0.15) is 30.6 Å². The van der Waals surface area contributed by atoms with Crippen LogP contribution in [0.2, 0.25) is 0 Å². The molecule has 2 aromatic rings. The van der Waals surface area contributed by atoms with Crippen molar-refractivity contribution in [3.63, 3.8) is 0 Å². The Hall–Kier alpha value is -1.68. The largest absolute Gasteiger partial charge is 0.375 e. The molecule has 0 aliphatic carbocycles. The molecule has 0 saturated carbocycles. The Morgan fingerprint density at radius 1 is 1.38 bits per heavy atom. The third kappa shape index (κ3) is 6.67. The fourth-order valence-electron chi connectivity index (χ4n) is 3.69. The summed E-state index contributed by atoms with van der Waals surface area (Å²) in [5, 5.41) is 7.66. The van der Waals surface area contributed by atoms with Crippen LogP contribution in [0.15, 0.2) is 41.7 Å². The molecule has 1 aromatic carbocycles. The molecule has 1 fully saturated rings. The van der Waals surface area contributed by atoms with Crippen molar-refractivity contribution in [1.82, 2.24) is 20.0 Å². The molecule has 1 aliphatic rings. The Kier molecular flexibility index (Phi) is 9.35. The summed E-state index contributed by atoms with van der Waals surface area (Å²) >= 11 is 0. The molecule has 1 aliphatic heterocycles. The van der Waals surface area contributed by atoms with Crippen molar-refractivity contribution in [2.75, 3.05) is 33.3 Å². The lowest BCUT2D eigenvalue weighted by molar-refractivity contribution is 0.110. The van der Waals surface area contributed by atoms with E-state index >= 15 is 0 Å². The van der Waals surface area contributed by atoms with E-state index in [9.17, 15) is 4.39 Å². The van der Waals surface area contributed by atoms with E-state index in [1.165, 1.54) is 17.7 Å². The number of hydrogen-bond acceptors (Lipinski definition) is 3. The zero-order valence-corrected chi connectivity index (χ0v) is 19.7. The number of ether oxygens (including phenoxy) is 1. The standard InChI is InChI=1S/C21H30FN5O.HI/c1-4-23-21(24-13-20(28-3)18-5-7-19(22)8-6-18)27-10-9-16(15-27)11-17-12-25-26(2)14-17;/h5-8,12,14,16,20H,4,9-11,13,15H2,1-3H3,(H,23,24);1H. The highest BCUT2D eigenvalue weighted by Crippen LogP contribution is 2.22. The van der Waals surface area contributed by atoms with Crippen molar-refractivity contribution < 1.29 is 9.13 Å². The van der Waals surface area contributed by atoms with E-state index in [4.69, 9.17) is 9.73 Å². The van der Waals surface area contributed by atoms with E-state index in [0.717, 1.165) is 44.0 Å². The Labute approximate surface area is 189 Å². The molecule has 0 bridgehead atoms. The third-order valence-electron chi connectivity index (χ3n) is 5.14. The molecule has 2 heterocycles. The van der Waals surface area contributed by atoms with E-state index in [0.29, 0.717) is 12.5 Å². The number of aromatic nitrogens is 2. The van der Waals surface area contributed by atoms with E-state index in [1.807, 2.05) is 17.9 Å². The summed E-state index contributed by atoms with van der Waals surface area (Å²) in [5.74, 6) is 1.27. The molecular weight excluding hydrogens is 484 g/mol. The molecule has 8 heteroatoms. The predicted molar refractivity (Wildman–Crippen MR) is 124 cm³/mol. The monoisotopic (exact) mass is 515 g/mol. The summed E-state index contributed by atoms with van der Waals surface area (Å²) in [5.41, 5.74) is 2.21. The number of guanidine groups is 1. The second-order valence-corrected chi connectivity index (χ2v) is 7.30. The number of nitrogens with one attached hydrogen (secondary N) is 1. The second-order valence-electron chi connectivity index (χ2n) is 7.30. The number of nitrogens with zero attached hydrogens (tertiary/aromatic N) is 4. The summed E-state index contributed by atoms with van der Waals surface area (Å²) in [4.78, 5) is 7.13. The molecule has 2 unspecified atom stereocenters. The van der Waals surface area contributed by atoms with Crippen LogP contribution >= 0.6 is 24.0 Å². The van der Waals surface area contributed by atoms with E-state index in [2.05, 4.69) is 28.4 Å². The maximum absolute atomic E-state index is 13.2. The molecule has 160 valence electrons. The summed E-state index contributed by atoms with van der Waals surface area (Å²) in [6, 6.07) is 6.43. The molecule has 0 amide bonds.